The first-order chi connectivity index (χ1) is 9.63. The van der Waals surface area contributed by atoms with E-state index in [1.807, 2.05) is 25.1 Å². The van der Waals surface area contributed by atoms with Crippen molar-refractivity contribution in [2.75, 3.05) is 38.5 Å². The number of carbonyl (C=O) groups excluding carboxylic acids is 2. The minimum atomic E-state index is -0.0785. The van der Waals surface area contributed by atoms with Gasteiger partial charge in [0.1, 0.15) is 6.54 Å². The standard InChI is InChI=1S/C15H21N3O2/c1-3-16-13-8-5-4-7-12(13)15(20)18-10-6-9-17(2)14(19)11-18/h4-5,7-8,16H,3,6,9-11H2,1-2H3. The van der Waals surface area contributed by atoms with Gasteiger partial charge in [0.05, 0.1) is 5.56 Å². The largest absolute Gasteiger partial charge is 0.385 e. The fourth-order valence-corrected chi connectivity index (χ4v) is 2.34. The highest BCUT2D eigenvalue weighted by Crippen LogP contribution is 2.18. The molecule has 1 fully saturated rings. The maximum atomic E-state index is 12.6. The van der Waals surface area contributed by atoms with Crippen LogP contribution in [0, 0.1) is 0 Å². The SMILES string of the molecule is CCNc1ccccc1C(=O)N1CCCN(C)C(=O)C1. The Kier molecular flexibility index (Phi) is 4.61. The van der Waals surface area contributed by atoms with Crippen molar-refractivity contribution in [2.24, 2.45) is 0 Å². The van der Waals surface area contributed by atoms with E-state index in [-0.39, 0.29) is 18.4 Å². The maximum Gasteiger partial charge on any atom is 0.256 e. The Bertz CT molecular complexity index is 502. The van der Waals surface area contributed by atoms with Crippen LogP contribution in [0.5, 0.6) is 0 Å². The van der Waals surface area contributed by atoms with Gasteiger partial charge in [0.15, 0.2) is 0 Å². The quantitative estimate of drug-likeness (QED) is 0.907. The predicted molar refractivity (Wildman–Crippen MR) is 78.8 cm³/mol. The highest BCUT2D eigenvalue weighted by molar-refractivity contribution is 6.01. The van der Waals surface area contributed by atoms with Crippen LogP contribution in [0.1, 0.15) is 23.7 Å². The van der Waals surface area contributed by atoms with Gasteiger partial charge in [0.25, 0.3) is 5.91 Å². The molecule has 0 spiro atoms. The van der Waals surface area contributed by atoms with Gasteiger partial charge in [0, 0.05) is 32.4 Å². The van der Waals surface area contributed by atoms with E-state index in [0.29, 0.717) is 18.7 Å². The Balaban J connectivity index is 2.20. The zero-order chi connectivity index (χ0) is 14.5. The molecule has 1 aromatic carbocycles. The second-order valence-electron chi connectivity index (χ2n) is 4.97. The van der Waals surface area contributed by atoms with E-state index in [4.69, 9.17) is 0 Å². The van der Waals surface area contributed by atoms with Crippen LogP contribution in [0.3, 0.4) is 0 Å². The molecule has 0 aromatic heterocycles. The molecular weight excluding hydrogens is 254 g/mol. The lowest BCUT2D eigenvalue weighted by atomic mass is 10.1. The van der Waals surface area contributed by atoms with Gasteiger partial charge >= 0.3 is 0 Å². The van der Waals surface area contributed by atoms with Gasteiger partial charge in [-0.3, -0.25) is 9.59 Å². The zero-order valence-electron chi connectivity index (χ0n) is 12.1. The van der Waals surface area contributed by atoms with Gasteiger partial charge in [-0.05, 0) is 25.5 Å². The Hall–Kier alpha value is -2.04. The summed E-state index contributed by atoms with van der Waals surface area (Å²) in [6.45, 7) is 4.24. The van der Waals surface area contributed by atoms with Crippen LogP contribution in [0.15, 0.2) is 24.3 Å². The first-order valence-electron chi connectivity index (χ1n) is 6.99. The average Bonchev–Trinajstić information content (AvgIpc) is 2.61. The lowest BCUT2D eigenvalue weighted by Crippen LogP contribution is -2.38. The van der Waals surface area contributed by atoms with Crippen molar-refractivity contribution in [3.63, 3.8) is 0 Å². The molecule has 5 heteroatoms. The monoisotopic (exact) mass is 275 g/mol. The summed E-state index contributed by atoms with van der Waals surface area (Å²) in [5.41, 5.74) is 1.46. The molecule has 0 aliphatic carbocycles. The number of anilines is 1. The van der Waals surface area contributed by atoms with E-state index in [2.05, 4.69) is 5.32 Å². The molecule has 1 aliphatic heterocycles. The number of hydrogen-bond acceptors (Lipinski definition) is 3. The molecule has 1 heterocycles. The van der Waals surface area contributed by atoms with E-state index in [1.54, 1.807) is 22.9 Å². The summed E-state index contributed by atoms with van der Waals surface area (Å²) in [6.07, 6.45) is 0.817. The first kappa shape index (κ1) is 14.4. The molecule has 108 valence electrons. The van der Waals surface area contributed by atoms with Gasteiger partial charge in [-0.2, -0.15) is 0 Å². The molecule has 20 heavy (non-hydrogen) atoms. The number of amides is 2. The molecule has 2 amide bonds. The molecule has 0 radical (unpaired) electrons. The molecule has 0 bridgehead atoms. The van der Waals surface area contributed by atoms with Crippen LogP contribution in [0.4, 0.5) is 5.69 Å². The minimum absolute atomic E-state index is 0.00298. The highest BCUT2D eigenvalue weighted by Gasteiger charge is 2.24. The lowest BCUT2D eigenvalue weighted by Gasteiger charge is -2.21. The Labute approximate surface area is 119 Å². The van der Waals surface area contributed by atoms with Gasteiger partial charge in [-0.15, -0.1) is 0 Å². The normalized spacial score (nSPS) is 16.0. The smallest absolute Gasteiger partial charge is 0.256 e. The van der Waals surface area contributed by atoms with Crippen molar-refractivity contribution in [3.8, 4) is 0 Å². The molecule has 0 saturated carbocycles. The predicted octanol–water partition coefficient (Wildman–Crippen LogP) is 1.42. The second-order valence-corrected chi connectivity index (χ2v) is 4.97. The first-order valence-corrected chi connectivity index (χ1v) is 6.99. The highest BCUT2D eigenvalue weighted by atomic mass is 16.2. The topological polar surface area (TPSA) is 52.7 Å². The molecule has 1 aromatic rings. The van der Waals surface area contributed by atoms with Gasteiger partial charge in [-0.1, -0.05) is 12.1 Å². The third-order valence-corrected chi connectivity index (χ3v) is 3.49. The second kappa shape index (κ2) is 6.41. The van der Waals surface area contributed by atoms with Gasteiger partial charge in [0.2, 0.25) is 5.91 Å². The maximum absolute atomic E-state index is 12.6. The molecule has 1 N–H and O–H groups in total. The number of nitrogens with one attached hydrogen (secondary N) is 1. The van der Waals surface area contributed by atoms with Gasteiger partial charge < -0.3 is 15.1 Å². The fraction of sp³-hybridized carbons (Fsp3) is 0.467. The number of benzene rings is 1. The average molecular weight is 275 g/mol. The third kappa shape index (κ3) is 3.10. The summed E-state index contributed by atoms with van der Waals surface area (Å²) >= 11 is 0. The van der Waals surface area contributed by atoms with Crippen LogP contribution in [0.2, 0.25) is 0 Å². The number of para-hydroxylation sites is 1. The Morgan fingerprint density at radius 3 is 2.80 bits per heavy atom. The van der Waals surface area contributed by atoms with Crippen molar-refractivity contribution < 1.29 is 9.59 Å². The van der Waals surface area contributed by atoms with E-state index in [0.717, 1.165) is 18.7 Å². The van der Waals surface area contributed by atoms with Crippen LogP contribution in [-0.2, 0) is 4.79 Å². The van der Waals surface area contributed by atoms with E-state index in [9.17, 15) is 9.59 Å². The molecule has 0 atom stereocenters. The summed E-state index contributed by atoms with van der Waals surface area (Å²) in [5, 5.41) is 3.19. The van der Waals surface area contributed by atoms with Crippen molar-refractivity contribution in [1.29, 1.82) is 0 Å². The number of nitrogens with zero attached hydrogens (tertiary/aromatic N) is 2. The van der Waals surface area contributed by atoms with E-state index >= 15 is 0 Å². The summed E-state index contributed by atoms with van der Waals surface area (Å²) in [5.74, 6) is -0.0815. The molecular formula is C15H21N3O2. The van der Waals surface area contributed by atoms with Crippen LogP contribution >= 0.6 is 0 Å². The van der Waals surface area contributed by atoms with Crippen LogP contribution in [0.25, 0.3) is 0 Å². The van der Waals surface area contributed by atoms with Crippen molar-refractivity contribution in [1.82, 2.24) is 9.80 Å². The summed E-state index contributed by atoms with van der Waals surface area (Å²) in [6, 6.07) is 7.44. The number of carbonyl (C=O) groups is 2. The fourth-order valence-electron chi connectivity index (χ4n) is 2.34. The number of hydrogen-bond donors (Lipinski definition) is 1. The van der Waals surface area contributed by atoms with Crippen molar-refractivity contribution in [3.05, 3.63) is 29.8 Å². The van der Waals surface area contributed by atoms with Crippen molar-refractivity contribution >= 4 is 17.5 Å². The van der Waals surface area contributed by atoms with E-state index < -0.39 is 0 Å². The molecule has 2 rings (SSSR count). The molecule has 0 unspecified atom stereocenters. The Morgan fingerprint density at radius 1 is 1.30 bits per heavy atom. The number of likely N-dealkylation sites (N-methyl/N-ethyl adjacent to an activating group) is 1. The summed E-state index contributed by atoms with van der Waals surface area (Å²) in [4.78, 5) is 27.8. The van der Waals surface area contributed by atoms with E-state index in [1.165, 1.54) is 0 Å². The molecule has 1 aliphatic rings. The Morgan fingerprint density at radius 2 is 2.05 bits per heavy atom. The molecule has 1 saturated heterocycles. The van der Waals surface area contributed by atoms with Crippen LogP contribution < -0.4 is 5.32 Å². The van der Waals surface area contributed by atoms with Gasteiger partial charge in [-0.25, -0.2) is 0 Å². The third-order valence-electron chi connectivity index (χ3n) is 3.49. The van der Waals surface area contributed by atoms with Crippen LogP contribution in [-0.4, -0.2) is 54.8 Å². The summed E-state index contributed by atoms with van der Waals surface area (Å²) < 4.78 is 0. The number of rotatable bonds is 3. The summed E-state index contributed by atoms with van der Waals surface area (Å²) in [7, 11) is 1.78. The van der Waals surface area contributed by atoms with Crippen molar-refractivity contribution in [2.45, 2.75) is 13.3 Å². The molecule has 5 nitrogen and oxygen atoms in total. The lowest BCUT2D eigenvalue weighted by molar-refractivity contribution is -0.129. The minimum Gasteiger partial charge on any atom is -0.385 e. The zero-order valence-corrected chi connectivity index (χ0v) is 12.1.